The molecule has 1 saturated carbocycles. The van der Waals surface area contributed by atoms with Gasteiger partial charge in [0.15, 0.2) is 0 Å². The highest BCUT2D eigenvalue weighted by atomic mass is 16.5. The van der Waals surface area contributed by atoms with Crippen molar-refractivity contribution in [3.05, 3.63) is 11.6 Å². The fourth-order valence-corrected chi connectivity index (χ4v) is 4.52. The predicted octanol–water partition coefficient (Wildman–Crippen LogP) is 1.96. The highest BCUT2D eigenvalue weighted by Crippen LogP contribution is 2.42. The summed E-state index contributed by atoms with van der Waals surface area (Å²) < 4.78 is 5.56. The summed E-state index contributed by atoms with van der Waals surface area (Å²) >= 11 is 0. The smallest absolute Gasteiger partial charge is 0.0604 e. The third-order valence-electron chi connectivity index (χ3n) is 5.51. The molecule has 20 heavy (non-hydrogen) atoms. The number of hydrazine groups is 1. The Kier molecular flexibility index (Phi) is 4.76. The molecular weight excluding hydrogens is 250 g/mol. The van der Waals surface area contributed by atoms with Gasteiger partial charge < -0.3 is 4.74 Å². The summed E-state index contributed by atoms with van der Waals surface area (Å²) in [6.45, 7) is 3.87. The Morgan fingerprint density at radius 1 is 1.15 bits per heavy atom. The number of hydrogen-bond acceptors (Lipinski definition) is 4. The molecule has 2 aliphatic carbocycles. The highest BCUT2D eigenvalue weighted by Gasteiger charge is 2.47. The fourth-order valence-electron chi connectivity index (χ4n) is 4.52. The quantitative estimate of drug-likeness (QED) is 0.469. The summed E-state index contributed by atoms with van der Waals surface area (Å²) in [6.07, 6.45) is 12.8. The van der Waals surface area contributed by atoms with Crippen LogP contribution in [0.3, 0.4) is 0 Å². The summed E-state index contributed by atoms with van der Waals surface area (Å²) in [6, 6.07) is 0.336. The van der Waals surface area contributed by atoms with Gasteiger partial charge in [-0.25, -0.2) is 0 Å². The summed E-state index contributed by atoms with van der Waals surface area (Å²) in [5.41, 5.74) is 5.00. The van der Waals surface area contributed by atoms with Crippen LogP contribution in [0.4, 0.5) is 0 Å². The van der Waals surface area contributed by atoms with Crippen molar-refractivity contribution < 1.29 is 4.74 Å². The number of morpholine rings is 1. The molecule has 1 unspecified atom stereocenters. The van der Waals surface area contributed by atoms with Crippen molar-refractivity contribution >= 4 is 0 Å². The van der Waals surface area contributed by atoms with Crippen molar-refractivity contribution in [2.24, 2.45) is 5.84 Å². The lowest BCUT2D eigenvalue weighted by atomic mass is 9.78. The summed E-state index contributed by atoms with van der Waals surface area (Å²) in [4.78, 5) is 2.67. The van der Waals surface area contributed by atoms with Crippen LogP contribution in [0.15, 0.2) is 11.6 Å². The molecule has 0 aromatic heterocycles. The lowest BCUT2D eigenvalue weighted by molar-refractivity contribution is -0.0314. The van der Waals surface area contributed by atoms with Crippen LogP contribution in [0.1, 0.15) is 51.4 Å². The number of rotatable bonds is 4. The first-order valence-corrected chi connectivity index (χ1v) is 8.35. The van der Waals surface area contributed by atoms with Gasteiger partial charge in [0.05, 0.1) is 19.3 Å². The molecule has 0 aromatic rings. The molecular formula is C16H29N3O. The Labute approximate surface area is 122 Å². The molecule has 1 heterocycles. The van der Waals surface area contributed by atoms with Gasteiger partial charge in [0.25, 0.3) is 0 Å². The van der Waals surface area contributed by atoms with Crippen molar-refractivity contribution in [1.29, 1.82) is 0 Å². The third-order valence-corrected chi connectivity index (χ3v) is 5.51. The van der Waals surface area contributed by atoms with Crippen LogP contribution >= 0.6 is 0 Å². The van der Waals surface area contributed by atoms with Crippen molar-refractivity contribution in [3.8, 4) is 0 Å². The molecule has 0 radical (unpaired) electrons. The molecule has 0 bridgehead atoms. The molecule has 2 fully saturated rings. The first-order chi connectivity index (χ1) is 9.87. The van der Waals surface area contributed by atoms with Gasteiger partial charge in [-0.3, -0.25) is 16.2 Å². The topological polar surface area (TPSA) is 50.5 Å². The lowest BCUT2D eigenvalue weighted by Crippen LogP contribution is -2.64. The number of nitrogens with zero attached hydrogens (tertiary/aromatic N) is 1. The monoisotopic (exact) mass is 279 g/mol. The third kappa shape index (κ3) is 2.67. The minimum Gasteiger partial charge on any atom is -0.379 e. The molecule has 4 nitrogen and oxygen atoms in total. The first kappa shape index (κ1) is 14.5. The van der Waals surface area contributed by atoms with E-state index in [0.717, 1.165) is 26.3 Å². The average Bonchev–Trinajstić information content (AvgIpc) is 3.01. The maximum Gasteiger partial charge on any atom is 0.0604 e. The zero-order chi connectivity index (χ0) is 13.8. The van der Waals surface area contributed by atoms with E-state index in [4.69, 9.17) is 10.6 Å². The molecule has 1 aliphatic heterocycles. The first-order valence-electron chi connectivity index (χ1n) is 8.35. The second-order valence-electron chi connectivity index (χ2n) is 6.53. The normalized spacial score (nSPS) is 29.1. The summed E-state index contributed by atoms with van der Waals surface area (Å²) in [7, 11) is 0. The van der Waals surface area contributed by atoms with Crippen LogP contribution in [0, 0.1) is 0 Å². The highest BCUT2D eigenvalue weighted by molar-refractivity contribution is 5.22. The molecule has 1 atom stereocenters. The van der Waals surface area contributed by atoms with Crippen LogP contribution in [0.25, 0.3) is 0 Å². The van der Waals surface area contributed by atoms with Crippen LogP contribution in [0.5, 0.6) is 0 Å². The van der Waals surface area contributed by atoms with Crippen molar-refractivity contribution in [2.45, 2.75) is 62.9 Å². The van der Waals surface area contributed by atoms with E-state index < -0.39 is 0 Å². The fraction of sp³-hybridized carbons (Fsp3) is 0.875. The Hall–Kier alpha value is -0.420. The van der Waals surface area contributed by atoms with E-state index in [1.807, 2.05) is 0 Å². The van der Waals surface area contributed by atoms with Gasteiger partial charge in [-0.05, 0) is 38.5 Å². The SMILES string of the molecule is NNC(C1=CCCCC1)C1(N2CCOCC2)CCCC1. The number of ether oxygens (including phenoxy) is 1. The second kappa shape index (κ2) is 6.56. The zero-order valence-corrected chi connectivity index (χ0v) is 12.6. The van der Waals surface area contributed by atoms with Crippen LogP contribution in [-0.2, 0) is 4.74 Å². The van der Waals surface area contributed by atoms with E-state index in [9.17, 15) is 0 Å². The average molecular weight is 279 g/mol. The standard InChI is InChI=1S/C16H29N3O/c17-18-15(14-6-2-1-3-7-14)16(8-4-5-9-16)19-10-12-20-13-11-19/h6,15,18H,1-5,7-13,17H2. The zero-order valence-electron chi connectivity index (χ0n) is 12.6. The molecule has 3 rings (SSSR count). The van der Waals surface area contributed by atoms with Gasteiger partial charge in [0, 0.05) is 18.6 Å². The lowest BCUT2D eigenvalue weighted by Gasteiger charge is -2.49. The Balaban J connectivity index is 1.85. The Bertz CT molecular complexity index is 344. The van der Waals surface area contributed by atoms with Crippen LogP contribution < -0.4 is 11.3 Å². The predicted molar refractivity (Wildman–Crippen MR) is 81.3 cm³/mol. The van der Waals surface area contributed by atoms with Crippen molar-refractivity contribution in [2.75, 3.05) is 26.3 Å². The van der Waals surface area contributed by atoms with Gasteiger partial charge in [0.2, 0.25) is 0 Å². The molecule has 0 amide bonds. The molecule has 3 N–H and O–H groups in total. The van der Waals surface area contributed by atoms with Crippen molar-refractivity contribution in [3.63, 3.8) is 0 Å². The van der Waals surface area contributed by atoms with Gasteiger partial charge in [-0.1, -0.05) is 24.5 Å². The molecule has 114 valence electrons. The number of nitrogens with two attached hydrogens (primary N) is 1. The van der Waals surface area contributed by atoms with Gasteiger partial charge >= 0.3 is 0 Å². The number of allylic oxidation sites excluding steroid dienone is 1. The number of hydrogen-bond donors (Lipinski definition) is 2. The van der Waals surface area contributed by atoms with E-state index in [0.29, 0.717) is 6.04 Å². The van der Waals surface area contributed by atoms with Gasteiger partial charge in [0.1, 0.15) is 0 Å². The Morgan fingerprint density at radius 3 is 2.50 bits per heavy atom. The largest absolute Gasteiger partial charge is 0.379 e. The summed E-state index contributed by atoms with van der Waals surface area (Å²) in [5, 5.41) is 0. The molecule has 1 saturated heterocycles. The molecule has 0 aromatic carbocycles. The van der Waals surface area contributed by atoms with Gasteiger partial charge in [-0.15, -0.1) is 0 Å². The molecule has 4 heteroatoms. The number of nitrogens with one attached hydrogen (secondary N) is 1. The van der Waals surface area contributed by atoms with E-state index in [2.05, 4.69) is 16.4 Å². The Morgan fingerprint density at radius 2 is 1.90 bits per heavy atom. The maximum absolute atomic E-state index is 6.03. The second-order valence-corrected chi connectivity index (χ2v) is 6.53. The maximum atomic E-state index is 6.03. The molecule has 0 spiro atoms. The molecule has 3 aliphatic rings. The minimum atomic E-state index is 0.238. The van der Waals surface area contributed by atoms with Crippen molar-refractivity contribution in [1.82, 2.24) is 10.3 Å². The van der Waals surface area contributed by atoms with Gasteiger partial charge in [-0.2, -0.15) is 0 Å². The van der Waals surface area contributed by atoms with E-state index in [1.165, 1.54) is 51.4 Å². The van der Waals surface area contributed by atoms with E-state index >= 15 is 0 Å². The minimum absolute atomic E-state index is 0.238. The summed E-state index contributed by atoms with van der Waals surface area (Å²) in [5.74, 6) is 6.03. The van der Waals surface area contributed by atoms with E-state index in [1.54, 1.807) is 5.57 Å². The van der Waals surface area contributed by atoms with E-state index in [-0.39, 0.29) is 5.54 Å². The van der Waals surface area contributed by atoms with Crippen LogP contribution in [-0.4, -0.2) is 42.8 Å². The van der Waals surface area contributed by atoms with Crippen LogP contribution in [0.2, 0.25) is 0 Å².